The quantitative estimate of drug-likeness (QED) is 0.778. The van der Waals surface area contributed by atoms with Crippen molar-refractivity contribution in [3.63, 3.8) is 0 Å². The third kappa shape index (κ3) is 2.49. The second-order valence-corrected chi connectivity index (χ2v) is 5.15. The number of ether oxygens (including phenoxy) is 1. The minimum atomic E-state index is 0.684. The molecule has 0 atom stereocenters. The van der Waals surface area contributed by atoms with E-state index in [-0.39, 0.29) is 0 Å². The van der Waals surface area contributed by atoms with Crippen molar-refractivity contribution in [2.75, 3.05) is 6.61 Å². The Morgan fingerprint density at radius 2 is 2.00 bits per heavy atom. The Bertz CT molecular complexity index is 704. The van der Waals surface area contributed by atoms with Crippen molar-refractivity contribution in [2.45, 2.75) is 6.92 Å². The van der Waals surface area contributed by atoms with Gasteiger partial charge in [-0.15, -0.1) is 0 Å². The Morgan fingerprint density at radius 3 is 2.74 bits per heavy atom. The van der Waals surface area contributed by atoms with Crippen molar-refractivity contribution in [1.29, 1.82) is 0 Å². The summed E-state index contributed by atoms with van der Waals surface area (Å²) in [6.07, 6.45) is 1.79. The zero-order chi connectivity index (χ0) is 13.2. The van der Waals surface area contributed by atoms with E-state index >= 15 is 0 Å². The summed E-state index contributed by atoms with van der Waals surface area (Å²) in [5, 5.41) is 1.10. The number of hydrogen-bond donors (Lipinski definition) is 1. The number of benzene rings is 1. The zero-order valence-electron chi connectivity index (χ0n) is 10.5. The van der Waals surface area contributed by atoms with Gasteiger partial charge in [0.15, 0.2) is 0 Å². The van der Waals surface area contributed by atoms with E-state index in [0.717, 1.165) is 32.5 Å². The molecule has 0 bridgehead atoms. The first-order valence-corrected chi connectivity index (χ1v) is 6.93. The molecule has 19 heavy (non-hydrogen) atoms. The summed E-state index contributed by atoms with van der Waals surface area (Å²) in [4.78, 5) is 7.66. The predicted molar refractivity (Wildman–Crippen MR) is 80.4 cm³/mol. The van der Waals surface area contributed by atoms with Gasteiger partial charge in [0.1, 0.15) is 11.4 Å². The molecule has 0 aliphatic rings. The van der Waals surface area contributed by atoms with Gasteiger partial charge in [-0.1, -0.05) is 0 Å². The molecule has 2 heterocycles. The molecule has 0 saturated heterocycles. The lowest BCUT2D eigenvalue weighted by atomic mass is 10.1. The molecule has 3 aromatic rings. The maximum atomic E-state index is 5.44. The smallest absolute Gasteiger partial charge is 0.137 e. The lowest BCUT2D eigenvalue weighted by molar-refractivity contribution is 0.340. The molecule has 0 aliphatic carbocycles. The number of rotatable bonds is 3. The van der Waals surface area contributed by atoms with Gasteiger partial charge in [-0.3, -0.25) is 0 Å². The molecule has 0 aliphatic heterocycles. The molecule has 1 aromatic carbocycles. The van der Waals surface area contributed by atoms with Crippen LogP contribution in [-0.2, 0) is 0 Å². The van der Waals surface area contributed by atoms with Crippen LogP contribution in [0.4, 0.5) is 0 Å². The number of fused-ring (bicyclic) bond motifs is 1. The third-order valence-electron chi connectivity index (χ3n) is 2.91. The standard InChI is InChI=1S/C15H13BrN2O/c1-2-19-13-5-3-10(4-6-13)14-8-11-7-12(16)9-17-15(11)18-14/h3-9H,2H2,1H3,(H,17,18). The second kappa shape index (κ2) is 5.05. The average Bonchev–Trinajstić information content (AvgIpc) is 2.83. The van der Waals surface area contributed by atoms with Crippen LogP contribution >= 0.6 is 15.9 Å². The van der Waals surface area contributed by atoms with Gasteiger partial charge in [0.05, 0.1) is 6.61 Å². The summed E-state index contributed by atoms with van der Waals surface area (Å²) in [7, 11) is 0. The first kappa shape index (κ1) is 12.2. The molecular weight excluding hydrogens is 304 g/mol. The molecule has 4 heteroatoms. The van der Waals surface area contributed by atoms with Crippen LogP contribution in [0.25, 0.3) is 22.3 Å². The first-order valence-electron chi connectivity index (χ1n) is 6.14. The van der Waals surface area contributed by atoms with Crippen LogP contribution in [0, 0.1) is 0 Å². The Kier molecular flexibility index (Phi) is 3.25. The Hall–Kier alpha value is -1.81. The topological polar surface area (TPSA) is 37.9 Å². The third-order valence-corrected chi connectivity index (χ3v) is 3.35. The van der Waals surface area contributed by atoms with E-state index in [9.17, 15) is 0 Å². The van der Waals surface area contributed by atoms with E-state index in [0.29, 0.717) is 6.61 Å². The molecule has 0 saturated carbocycles. The van der Waals surface area contributed by atoms with Crippen molar-refractivity contribution in [3.05, 3.63) is 47.1 Å². The summed E-state index contributed by atoms with van der Waals surface area (Å²) in [6.45, 7) is 2.67. The molecule has 0 amide bonds. The fourth-order valence-electron chi connectivity index (χ4n) is 2.04. The maximum Gasteiger partial charge on any atom is 0.137 e. The van der Waals surface area contributed by atoms with Crippen molar-refractivity contribution in [2.24, 2.45) is 0 Å². The lowest BCUT2D eigenvalue weighted by Crippen LogP contribution is -1.90. The first-order chi connectivity index (χ1) is 9.26. The molecule has 0 fully saturated rings. The number of aromatic nitrogens is 2. The molecule has 3 nitrogen and oxygen atoms in total. The van der Waals surface area contributed by atoms with Crippen LogP contribution in [0.1, 0.15) is 6.92 Å². The molecule has 0 spiro atoms. The highest BCUT2D eigenvalue weighted by atomic mass is 79.9. The fraction of sp³-hybridized carbons (Fsp3) is 0.133. The van der Waals surface area contributed by atoms with Crippen LogP contribution in [0.15, 0.2) is 47.1 Å². The minimum absolute atomic E-state index is 0.684. The molecule has 0 unspecified atom stereocenters. The van der Waals surface area contributed by atoms with Gasteiger partial charge in [0.25, 0.3) is 0 Å². The number of H-pyrrole nitrogens is 1. The highest BCUT2D eigenvalue weighted by Crippen LogP contribution is 2.26. The predicted octanol–water partition coefficient (Wildman–Crippen LogP) is 4.39. The Balaban J connectivity index is 1.99. The maximum absolute atomic E-state index is 5.44. The summed E-state index contributed by atoms with van der Waals surface area (Å²) in [5.41, 5.74) is 3.08. The molecule has 3 rings (SSSR count). The SMILES string of the molecule is CCOc1ccc(-c2cc3cc(Br)cnc3[nH]2)cc1. The number of pyridine rings is 1. The number of halogens is 1. The number of nitrogens with one attached hydrogen (secondary N) is 1. The van der Waals surface area contributed by atoms with Crippen molar-refractivity contribution in [1.82, 2.24) is 9.97 Å². The van der Waals surface area contributed by atoms with Crippen molar-refractivity contribution >= 4 is 27.0 Å². The van der Waals surface area contributed by atoms with E-state index in [1.807, 2.05) is 31.2 Å². The molecule has 96 valence electrons. The molecule has 0 radical (unpaired) electrons. The van der Waals surface area contributed by atoms with Crippen molar-refractivity contribution < 1.29 is 4.74 Å². The lowest BCUT2D eigenvalue weighted by Gasteiger charge is -2.03. The van der Waals surface area contributed by atoms with Crippen LogP contribution < -0.4 is 4.74 Å². The van der Waals surface area contributed by atoms with Gasteiger partial charge in [-0.25, -0.2) is 4.98 Å². The normalized spacial score (nSPS) is 10.8. The van der Waals surface area contributed by atoms with Gasteiger partial charge in [0, 0.05) is 21.7 Å². The minimum Gasteiger partial charge on any atom is -0.494 e. The highest BCUT2D eigenvalue weighted by Gasteiger charge is 2.05. The van der Waals surface area contributed by atoms with Crippen molar-refractivity contribution in [3.8, 4) is 17.0 Å². The monoisotopic (exact) mass is 316 g/mol. The second-order valence-electron chi connectivity index (χ2n) is 4.23. The van der Waals surface area contributed by atoms with Gasteiger partial charge >= 0.3 is 0 Å². The largest absolute Gasteiger partial charge is 0.494 e. The van der Waals surface area contributed by atoms with E-state index in [1.165, 1.54) is 0 Å². The van der Waals surface area contributed by atoms with Crippen LogP contribution in [0.5, 0.6) is 5.75 Å². The van der Waals surface area contributed by atoms with Crippen LogP contribution in [-0.4, -0.2) is 16.6 Å². The van der Waals surface area contributed by atoms with Gasteiger partial charge in [-0.2, -0.15) is 0 Å². The zero-order valence-corrected chi connectivity index (χ0v) is 12.1. The summed E-state index contributed by atoms with van der Waals surface area (Å²) < 4.78 is 6.43. The van der Waals surface area contributed by atoms with E-state index < -0.39 is 0 Å². The molecule has 1 N–H and O–H groups in total. The van der Waals surface area contributed by atoms with E-state index in [4.69, 9.17) is 4.74 Å². The van der Waals surface area contributed by atoms with E-state index in [1.54, 1.807) is 6.20 Å². The van der Waals surface area contributed by atoms with Crippen LogP contribution in [0.2, 0.25) is 0 Å². The van der Waals surface area contributed by atoms with Crippen LogP contribution in [0.3, 0.4) is 0 Å². The summed E-state index contributed by atoms with van der Waals surface area (Å²) >= 11 is 3.43. The Morgan fingerprint density at radius 1 is 1.21 bits per heavy atom. The molecular formula is C15H13BrN2O. The van der Waals surface area contributed by atoms with Gasteiger partial charge in [0.2, 0.25) is 0 Å². The van der Waals surface area contributed by atoms with E-state index in [2.05, 4.69) is 38.0 Å². The van der Waals surface area contributed by atoms with Gasteiger partial charge < -0.3 is 9.72 Å². The Labute approximate surface area is 119 Å². The summed E-state index contributed by atoms with van der Waals surface area (Å²) in [6, 6.07) is 12.2. The highest BCUT2D eigenvalue weighted by molar-refractivity contribution is 9.10. The molecule has 2 aromatic heterocycles. The number of hydrogen-bond acceptors (Lipinski definition) is 2. The summed E-state index contributed by atoms with van der Waals surface area (Å²) in [5.74, 6) is 0.892. The fourth-order valence-corrected chi connectivity index (χ4v) is 2.39. The number of nitrogens with zero attached hydrogens (tertiary/aromatic N) is 1. The van der Waals surface area contributed by atoms with Gasteiger partial charge in [-0.05, 0) is 64.8 Å². The number of aromatic amines is 1. The average molecular weight is 317 g/mol.